The van der Waals surface area contributed by atoms with E-state index in [1.54, 1.807) is 18.2 Å². The Bertz CT molecular complexity index is 656. The topological polar surface area (TPSA) is 72.2 Å². The molecule has 108 valence electrons. The summed E-state index contributed by atoms with van der Waals surface area (Å²) in [7, 11) is -3.51. The lowest BCUT2D eigenvalue weighted by Gasteiger charge is -2.09. The third-order valence-electron chi connectivity index (χ3n) is 3.50. The quantitative estimate of drug-likeness (QED) is 0.824. The first kappa shape index (κ1) is 15.0. The van der Waals surface area contributed by atoms with Crippen molar-refractivity contribution in [1.29, 1.82) is 0 Å². The summed E-state index contributed by atoms with van der Waals surface area (Å²) in [4.78, 5) is 0.241. The molecule has 1 fully saturated rings. The summed E-state index contributed by atoms with van der Waals surface area (Å²) in [6, 6.07) is 5.25. The van der Waals surface area contributed by atoms with Gasteiger partial charge in [0.05, 0.1) is 11.4 Å². The van der Waals surface area contributed by atoms with Crippen molar-refractivity contribution in [3.05, 3.63) is 29.3 Å². The molecule has 1 aromatic carbocycles. The largest absolute Gasteiger partial charge is 0.320 e. The van der Waals surface area contributed by atoms with E-state index in [0.717, 1.165) is 18.4 Å². The molecule has 5 heteroatoms. The zero-order valence-electron chi connectivity index (χ0n) is 11.8. The molecule has 1 aromatic rings. The van der Waals surface area contributed by atoms with Crippen LogP contribution in [0.25, 0.3) is 0 Å². The van der Waals surface area contributed by atoms with Crippen LogP contribution in [0.4, 0.5) is 0 Å². The molecule has 2 rings (SSSR count). The number of rotatable bonds is 4. The highest BCUT2D eigenvalue weighted by atomic mass is 32.2. The Morgan fingerprint density at radius 1 is 1.45 bits per heavy atom. The van der Waals surface area contributed by atoms with Gasteiger partial charge in [0.25, 0.3) is 0 Å². The Kier molecular flexibility index (Phi) is 4.48. The molecule has 3 N–H and O–H groups in total. The van der Waals surface area contributed by atoms with Gasteiger partial charge in [-0.05, 0) is 37.0 Å². The molecule has 0 saturated heterocycles. The van der Waals surface area contributed by atoms with Crippen LogP contribution < -0.4 is 10.5 Å². The molecule has 4 nitrogen and oxygen atoms in total. The van der Waals surface area contributed by atoms with Gasteiger partial charge in [0, 0.05) is 11.6 Å². The zero-order chi connectivity index (χ0) is 14.8. The van der Waals surface area contributed by atoms with E-state index in [1.807, 2.05) is 6.92 Å². The van der Waals surface area contributed by atoms with Crippen molar-refractivity contribution >= 4 is 10.0 Å². The first-order valence-corrected chi connectivity index (χ1v) is 8.28. The molecule has 0 bridgehead atoms. The number of benzene rings is 1. The number of nitrogens with two attached hydrogens (primary N) is 1. The maximum atomic E-state index is 12.4. The molecular formula is C15H20N2O2S. The van der Waals surface area contributed by atoms with Gasteiger partial charge in [0.2, 0.25) is 10.0 Å². The van der Waals surface area contributed by atoms with Gasteiger partial charge >= 0.3 is 0 Å². The summed E-state index contributed by atoms with van der Waals surface area (Å²) in [6.45, 7) is 4.19. The van der Waals surface area contributed by atoms with Crippen LogP contribution in [0.1, 0.15) is 30.9 Å². The molecule has 0 heterocycles. The van der Waals surface area contributed by atoms with Crippen LogP contribution >= 0.6 is 0 Å². The summed E-state index contributed by atoms with van der Waals surface area (Å²) >= 11 is 0. The molecule has 0 amide bonds. The fraction of sp³-hybridized carbons (Fsp3) is 0.467. The lowest BCUT2D eigenvalue weighted by atomic mass is 10.1. The lowest BCUT2D eigenvalue weighted by molar-refractivity contribution is 0.575. The van der Waals surface area contributed by atoms with Gasteiger partial charge in [0.1, 0.15) is 0 Å². The van der Waals surface area contributed by atoms with Crippen LogP contribution in [0.2, 0.25) is 0 Å². The van der Waals surface area contributed by atoms with Crippen LogP contribution in [0.3, 0.4) is 0 Å². The monoisotopic (exact) mass is 292 g/mol. The van der Waals surface area contributed by atoms with Crippen molar-refractivity contribution in [2.45, 2.75) is 37.6 Å². The molecule has 2 atom stereocenters. The summed E-state index contributed by atoms with van der Waals surface area (Å²) in [5.41, 5.74) is 6.85. The molecule has 1 aliphatic carbocycles. The number of hydrogen-bond donors (Lipinski definition) is 2. The van der Waals surface area contributed by atoms with Crippen molar-refractivity contribution in [2.24, 2.45) is 11.7 Å². The van der Waals surface area contributed by atoms with Crippen molar-refractivity contribution in [1.82, 2.24) is 4.72 Å². The Morgan fingerprint density at radius 2 is 2.20 bits per heavy atom. The van der Waals surface area contributed by atoms with Crippen LogP contribution in [0.15, 0.2) is 23.1 Å². The summed E-state index contributed by atoms with van der Waals surface area (Å²) in [6.07, 6.45) is 1.92. The predicted molar refractivity (Wildman–Crippen MR) is 79.6 cm³/mol. The molecule has 1 aliphatic rings. The van der Waals surface area contributed by atoms with Gasteiger partial charge in [-0.15, -0.1) is 0 Å². The molecule has 0 aromatic heterocycles. The highest BCUT2D eigenvalue weighted by Gasteiger charge is 2.39. The molecule has 2 unspecified atom stereocenters. The Labute approximate surface area is 120 Å². The third kappa shape index (κ3) is 3.40. The minimum atomic E-state index is -3.51. The maximum absolute atomic E-state index is 12.4. The molecule has 0 spiro atoms. The molecule has 0 radical (unpaired) electrons. The SMILES string of the molecule is CCC1CC1NS(=O)(=O)c1ccc(C)cc1C#CCN. The summed E-state index contributed by atoms with van der Waals surface area (Å²) < 4.78 is 27.6. The van der Waals surface area contributed by atoms with Gasteiger partial charge in [0.15, 0.2) is 0 Å². The molecule has 1 saturated carbocycles. The highest BCUT2D eigenvalue weighted by molar-refractivity contribution is 7.89. The third-order valence-corrected chi connectivity index (χ3v) is 5.05. The first-order valence-electron chi connectivity index (χ1n) is 6.80. The van der Waals surface area contributed by atoms with E-state index in [9.17, 15) is 8.42 Å². The average molecular weight is 292 g/mol. The minimum absolute atomic E-state index is 0.0709. The van der Waals surface area contributed by atoms with E-state index in [-0.39, 0.29) is 17.5 Å². The van der Waals surface area contributed by atoms with Crippen molar-refractivity contribution in [3.63, 3.8) is 0 Å². The second-order valence-electron chi connectivity index (χ2n) is 5.14. The van der Waals surface area contributed by atoms with Crippen molar-refractivity contribution < 1.29 is 8.42 Å². The zero-order valence-corrected chi connectivity index (χ0v) is 12.6. The Morgan fingerprint density at radius 3 is 2.80 bits per heavy atom. The molecule has 0 aliphatic heterocycles. The van der Waals surface area contributed by atoms with Crippen LogP contribution in [-0.4, -0.2) is 21.0 Å². The number of hydrogen-bond acceptors (Lipinski definition) is 3. The molecule has 20 heavy (non-hydrogen) atoms. The van der Waals surface area contributed by atoms with Gasteiger partial charge in [-0.25, -0.2) is 13.1 Å². The predicted octanol–water partition coefficient (Wildman–Crippen LogP) is 1.38. The average Bonchev–Trinajstić information content (AvgIpc) is 3.13. The first-order chi connectivity index (χ1) is 9.47. The van der Waals surface area contributed by atoms with Crippen LogP contribution in [-0.2, 0) is 10.0 Å². The Balaban J connectivity index is 2.31. The van der Waals surface area contributed by atoms with Gasteiger partial charge in [-0.2, -0.15) is 0 Å². The second-order valence-corrected chi connectivity index (χ2v) is 6.82. The second kappa shape index (κ2) is 5.96. The van der Waals surface area contributed by atoms with Gasteiger partial charge < -0.3 is 5.73 Å². The van der Waals surface area contributed by atoms with Crippen molar-refractivity contribution in [2.75, 3.05) is 6.54 Å². The van der Waals surface area contributed by atoms with E-state index < -0.39 is 10.0 Å². The van der Waals surface area contributed by atoms with E-state index in [0.29, 0.717) is 11.5 Å². The van der Waals surface area contributed by atoms with E-state index in [1.165, 1.54) is 0 Å². The lowest BCUT2D eigenvalue weighted by Crippen LogP contribution is -2.27. The highest BCUT2D eigenvalue weighted by Crippen LogP contribution is 2.34. The van der Waals surface area contributed by atoms with E-state index in [4.69, 9.17) is 5.73 Å². The van der Waals surface area contributed by atoms with Crippen LogP contribution in [0.5, 0.6) is 0 Å². The number of aryl methyl sites for hydroxylation is 1. The summed E-state index contributed by atoms with van der Waals surface area (Å²) in [5.74, 6) is 6.03. The van der Waals surface area contributed by atoms with Gasteiger partial charge in [-0.3, -0.25) is 0 Å². The standard InChI is InChI=1S/C15H20N2O2S/c1-3-12-10-14(12)17-20(18,19)15-7-6-11(2)9-13(15)5-4-8-16/h6-7,9,12,14,17H,3,8,10,16H2,1-2H3. The smallest absolute Gasteiger partial charge is 0.242 e. The minimum Gasteiger partial charge on any atom is -0.320 e. The van der Waals surface area contributed by atoms with E-state index >= 15 is 0 Å². The van der Waals surface area contributed by atoms with Crippen molar-refractivity contribution in [3.8, 4) is 11.8 Å². The fourth-order valence-electron chi connectivity index (χ4n) is 2.23. The van der Waals surface area contributed by atoms with E-state index in [2.05, 4.69) is 23.5 Å². The fourth-order valence-corrected chi connectivity index (χ4v) is 3.69. The number of nitrogens with one attached hydrogen (secondary N) is 1. The Hall–Kier alpha value is -1.35. The summed E-state index contributed by atoms with van der Waals surface area (Å²) in [5, 5.41) is 0. The van der Waals surface area contributed by atoms with Crippen LogP contribution in [0, 0.1) is 24.7 Å². The maximum Gasteiger partial charge on any atom is 0.242 e. The molecular weight excluding hydrogens is 272 g/mol. The normalized spacial score (nSPS) is 21.1. The van der Waals surface area contributed by atoms with Gasteiger partial charge in [-0.1, -0.05) is 31.3 Å². The number of sulfonamides is 1.